The van der Waals surface area contributed by atoms with Crippen molar-refractivity contribution in [1.29, 1.82) is 0 Å². The van der Waals surface area contributed by atoms with Gasteiger partial charge in [0.2, 0.25) is 17.7 Å². The Morgan fingerprint density at radius 3 is 2.60 bits per heavy atom. The van der Waals surface area contributed by atoms with Crippen LogP contribution in [-0.2, 0) is 19.2 Å². The maximum Gasteiger partial charge on any atom is 0.224 e. The molecule has 1 aliphatic rings. The SMILES string of the molecule is CC(C)CCC(=O)N1CCC[C@H](NC(=O)[CH]CC(C)C(N)=O)C(=O)C1. The summed E-state index contributed by atoms with van der Waals surface area (Å²) in [6.45, 7) is 6.34. The minimum atomic E-state index is -0.587. The Bertz CT molecular complexity index is 505. The van der Waals surface area contributed by atoms with Crippen LogP contribution in [0.25, 0.3) is 0 Å². The first-order valence-corrected chi connectivity index (χ1v) is 8.94. The fourth-order valence-electron chi connectivity index (χ4n) is 2.59. The molecule has 0 saturated carbocycles. The molecule has 2 atom stereocenters. The van der Waals surface area contributed by atoms with Crippen molar-refractivity contribution >= 4 is 23.5 Å². The first-order chi connectivity index (χ1) is 11.7. The Morgan fingerprint density at radius 2 is 2.00 bits per heavy atom. The number of rotatable bonds is 8. The van der Waals surface area contributed by atoms with E-state index in [1.807, 2.05) is 0 Å². The van der Waals surface area contributed by atoms with Crippen LogP contribution in [-0.4, -0.2) is 47.5 Å². The Kier molecular flexibility index (Phi) is 8.58. The normalized spacial score (nSPS) is 19.4. The number of likely N-dealkylation sites (tertiary alicyclic amines) is 1. The highest BCUT2D eigenvalue weighted by molar-refractivity contribution is 5.95. The van der Waals surface area contributed by atoms with Gasteiger partial charge in [-0.2, -0.15) is 0 Å². The van der Waals surface area contributed by atoms with E-state index in [1.54, 1.807) is 11.8 Å². The highest BCUT2D eigenvalue weighted by atomic mass is 16.2. The third-order valence-corrected chi connectivity index (χ3v) is 4.40. The summed E-state index contributed by atoms with van der Waals surface area (Å²) >= 11 is 0. The van der Waals surface area contributed by atoms with Gasteiger partial charge in [0.1, 0.15) is 0 Å². The summed E-state index contributed by atoms with van der Waals surface area (Å²) in [5.74, 6) is -0.992. The largest absolute Gasteiger partial charge is 0.369 e. The monoisotopic (exact) mass is 352 g/mol. The van der Waals surface area contributed by atoms with E-state index in [9.17, 15) is 19.2 Å². The van der Waals surface area contributed by atoms with Gasteiger partial charge in [-0.1, -0.05) is 20.8 Å². The van der Waals surface area contributed by atoms with E-state index >= 15 is 0 Å². The molecular weight excluding hydrogens is 322 g/mol. The molecule has 0 aromatic rings. The summed E-state index contributed by atoms with van der Waals surface area (Å²) in [6.07, 6.45) is 4.01. The number of hydrogen-bond donors (Lipinski definition) is 2. The van der Waals surface area contributed by atoms with E-state index in [2.05, 4.69) is 19.2 Å². The molecule has 1 heterocycles. The van der Waals surface area contributed by atoms with E-state index in [1.165, 1.54) is 6.42 Å². The van der Waals surface area contributed by atoms with Crippen LogP contribution >= 0.6 is 0 Å². The van der Waals surface area contributed by atoms with Crippen LogP contribution in [0.5, 0.6) is 0 Å². The van der Waals surface area contributed by atoms with Crippen LogP contribution in [0.1, 0.15) is 52.9 Å². The van der Waals surface area contributed by atoms with Crippen LogP contribution in [0, 0.1) is 18.3 Å². The van der Waals surface area contributed by atoms with Crippen molar-refractivity contribution in [2.45, 2.75) is 58.9 Å². The number of nitrogens with zero attached hydrogens (tertiary/aromatic N) is 1. The smallest absolute Gasteiger partial charge is 0.224 e. The zero-order valence-corrected chi connectivity index (χ0v) is 15.4. The van der Waals surface area contributed by atoms with Crippen molar-refractivity contribution < 1.29 is 19.2 Å². The van der Waals surface area contributed by atoms with Crippen LogP contribution in [0.2, 0.25) is 0 Å². The van der Waals surface area contributed by atoms with Gasteiger partial charge in [-0.05, 0) is 31.6 Å². The highest BCUT2D eigenvalue weighted by Crippen LogP contribution is 2.13. The van der Waals surface area contributed by atoms with Crippen molar-refractivity contribution in [2.24, 2.45) is 17.6 Å². The third-order valence-electron chi connectivity index (χ3n) is 4.40. The lowest BCUT2D eigenvalue weighted by Crippen LogP contribution is -2.44. The zero-order chi connectivity index (χ0) is 19.0. The Balaban J connectivity index is 2.48. The molecule has 7 nitrogen and oxygen atoms in total. The van der Waals surface area contributed by atoms with E-state index < -0.39 is 17.9 Å². The molecule has 7 heteroatoms. The van der Waals surface area contributed by atoms with Gasteiger partial charge in [0.25, 0.3) is 0 Å². The molecule has 0 aromatic heterocycles. The van der Waals surface area contributed by atoms with Crippen molar-refractivity contribution in [3.05, 3.63) is 6.42 Å². The number of ketones is 1. The summed E-state index contributed by atoms with van der Waals surface area (Å²) in [5, 5.41) is 2.68. The number of nitrogens with two attached hydrogens (primary N) is 1. The summed E-state index contributed by atoms with van der Waals surface area (Å²) < 4.78 is 0. The molecule has 25 heavy (non-hydrogen) atoms. The summed E-state index contributed by atoms with van der Waals surface area (Å²) in [6, 6.07) is -0.587. The average molecular weight is 352 g/mol. The van der Waals surface area contributed by atoms with E-state index in [0.717, 1.165) is 6.42 Å². The van der Waals surface area contributed by atoms with E-state index in [-0.39, 0.29) is 30.6 Å². The van der Waals surface area contributed by atoms with Gasteiger partial charge in [0, 0.05) is 18.9 Å². The summed E-state index contributed by atoms with van der Waals surface area (Å²) in [7, 11) is 0. The topological polar surface area (TPSA) is 110 Å². The Hall–Kier alpha value is -1.92. The number of carbonyl (C=O) groups excluding carboxylic acids is 4. The maximum absolute atomic E-state index is 12.4. The second-order valence-electron chi connectivity index (χ2n) is 7.16. The fourth-order valence-corrected chi connectivity index (χ4v) is 2.59. The predicted octanol–water partition coefficient (Wildman–Crippen LogP) is 0.815. The molecule has 1 saturated heterocycles. The molecule has 1 fully saturated rings. The van der Waals surface area contributed by atoms with Gasteiger partial charge in [0.05, 0.1) is 19.0 Å². The standard InChI is InChI=1S/C18H30N3O4/c1-12(2)6-9-17(24)21-10-4-5-14(15(22)11-21)20-16(23)8-7-13(3)18(19)25/h8,12-14H,4-7,9-11H2,1-3H3,(H2,19,25)(H,20,23)/t13?,14-/m0/s1. The van der Waals surface area contributed by atoms with Crippen molar-refractivity contribution in [1.82, 2.24) is 10.2 Å². The first kappa shape index (κ1) is 21.1. The number of amides is 3. The highest BCUT2D eigenvalue weighted by Gasteiger charge is 2.28. The quantitative estimate of drug-likeness (QED) is 0.674. The molecule has 1 rings (SSSR count). The van der Waals surface area contributed by atoms with Crippen molar-refractivity contribution in [3.63, 3.8) is 0 Å². The lowest BCUT2D eigenvalue weighted by Gasteiger charge is -2.20. The van der Waals surface area contributed by atoms with Gasteiger partial charge in [-0.15, -0.1) is 0 Å². The molecule has 1 aliphatic heterocycles. The minimum absolute atomic E-state index is 0.00382. The van der Waals surface area contributed by atoms with Crippen molar-refractivity contribution in [3.8, 4) is 0 Å². The predicted molar refractivity (Wildman–Crippen MR) is 94.1 cm³/mol. The molecule has 3 amide bonds. The number of hydrogen-bond acceptors (Lipinski definition) is 4. The minimum Gasteiger partial charge on any atom is -0.369 e. The summed E-state index contributed by atoms with van der Waals surface area (Å²) in [4.78, 5) is 49.1. The molecular formula is C18H30N3O4. The molecule has 0 aliphatic carbocycles. The first-order valence-electron chi connectivity index (χ1n) is 8.94. The van der Waals surface area contributed by atoms with Crippen LogP contribution in [0.15, 0.2) is 0 Å². The summed E-state index contributed by atoms with van der Waals surface area (Å²) in [5.41, 5.74) is 5.15. The molecule has 3 N–H and O–H groups in total. The second kappa shape index (κ2) is 10.2. The van der Waals surface area contributed by atoms with Gasteiger partial charge in [-0.3, -0.25) is 19.2 Å². The number of nitrogens with one attached hydrogen (secondary N) is 1. The van der Waals surface area contributed by atoms with Gasteiger partial charge < -0.3 is 16.0 Å². The number of Topliss-reactive ketones (excluding diaryl/α,β-unsaturated/α-hetero) is 1. The second-order valence-corrected chi connectivity index (χ2v) is 7.16. The average Bonchev–Trinajstić information content (AvgIpc) is 2.72. The van der Waals surface area contributed by atoms with Crippen LogP contribution in [0.4, 0.5) is 0 Å². The van der Waals surface area contributed by atoms with Gasteiger partial charge in [-0.25, -0.2) is 0 Å². The van der Waals surface area contributed by atoms with Crippen molar-refractivity contribution in [2.75, 3.05) is 13.1 Å². The van der Waals surface area contributed by atoms with Gasteiger partial charge >= 0.3 is 0 Å². The Morgan fingerprint density at radius 1 is 1.32 bits per heavy atom. The van der Waals surface area contributed by atoms with Gasteiger partial charge in [0.15, 0.2) is 5.78 Å². The molecule has 0 spiro atoms. The lowest BCUT2D eigenvalue weighted by molar-refractivity contribution is -0.135. The lowest BCUT2D eigenvalue weighted by atomic mass is 10.0. The fraction of sp³-hybridized carbons (Fsp3) is 0.722. The van der Waals surface area contributed by atoms with E-state index in [0.29, 0.717) is 31.7 Å². The molecule has 0 aromatic carbocycles. The molecule has 1 unspecified atom stereocenters. The molecule has 141 valence electrons. The Labute approximate surface area is 149 Å². The molecule has 1 radical (unpaired) electrons. The number of primary amides is 1. The van der Waals surface area contributed by atoms with Crippen LogP contribution < -0.4 is 11.1 Å². The van der Waals surface area contributed by atoms with Crippen LogP contribution in [0.3, 0.4) is 0 Å². The maximum atomic E-state index is 12.4. The zero-order valence-electron chi connectivity index (χ0n) is 15.4. The third kappa shape index (κ3) is 7.67. The number of carbonyl (C=O) groups is 4. The molecule has 0 bridgehead atoms. The van der Waals surface area contributed by atoms with E-state index in [4.69, 9.17) is 5.73 Å².